The molecule has 6 nitrogen and oxygen atoms in total. The van der Waals surface area contributed by atoms with Crippen LogP contribution in [0.5, 0.6) is 5.75 Å². The number of ether oxygens (including phenoxy) is 1. The maximum absolute atomic E-state index is 12.5. The lowest BCUT2D eigenvalue weighted by Gasteiger charge is -2.34. The van der Waals surface area contributed by atoms with Gasteiger partial charge in [0.1, 0.15) is 11.9 Å². The number of urea groups is 1. The second-order valence-corrected chi connectivity index (χ2v) is 9.80. The maximum Gasteiger partial charge on any atom is 0.321 e. The number of benzene rings is 2. The molecular formula is C23H28Br2N4O2. The molecule has 2 amide bonds. The van der Waals surface area contributed by atoms with Crippen LogP contribution in [0.25, 0.3) is 0 Å². The number of anilines is 1. The highest BCUT2D eigenvalue weighted by Crippen LogP contribution is 2.29. The molecule has 8 heteroatoms. The second kappa shape index (κ2) is 10.8. The van der Waals surface area contributed by atoms with E-state index in [1.165, 1.54) is 5.56 Å². The van der Waals surface area contributed by atoms with E-state index in [1.807, 2.05) is 29.2 Å². The maximum atomic E-state index is 12.5. The summed E-state index contributed by atoms with van der Waals surface area (Å²) in [5, 5.41) is 6.34. The summed E-state index contributed by atoms with van der Waals surface area (Å²) in [4.78, 5) is 16.8. The second-order valence-electron chi connectivity index (χ2n) is 8.03. The van der Waals surface area contributed by atoms with Crippen LogP contribution in [0.4, 0.5) is 10.5 Å². The van der Waals surface area contributed by atoms with Gasteiger partial charge in [0, 0.05) is 42.9 Å². The molecule has 2 aromatic carbocycles. The van der Waals surface area contributed by atoms with Gasteiger partial charge in [0.2, 0.25) is 0 Å². The third-order valence-corrected chi connectivity index (χ3v) is 6.89. The zero-order valence-electron chi connectivity index (χ0n) is 17.4. The molecule has 2 fully saturated rings. The first-order valence-electron chi connectivity index (χ1n) is 10.8. The molecule has 2 aliphatic rings. The fourth-order valence-electron chi connectivity index (χ4n) is 3.93. The van der Waals surface area contributed by atoms with Crippen molar-refractivity contribution in [1.82, 2.24) is 15.1 Å². The third kappa shape index (κ3) is 6.44. The van der Waals surface area contributed by atoms with Crippen molar-refractivity contribution < 1.29 is 9.53 Å². The molecule has 166 valence electrons. The summed E-state index contributed by atoms with van der Waals surface area (Å²) in [5.41, 5.74) is 2.06. The number of amides is 2. The Balaban J connectivity index is 1.25. The van der Waals surface area contributed by atoms with Gasteiger partial charge < -0.3 is 20.3 Å². The van der Waals surface area contributed by atoms with Crippen LogP contribution >= 0.6 is 31.9 Å². The fraction of sp³-hybridized carbons (Fsp3) is 0.435. The Morgan fingerprint density at radius 1 is 1.03 bits per heavy atom. The van der Waals surface area contributed by atoms with Gasteiger partial charge in [-0.2, -0.15) is 0 Å². The zero-order chi connectivity index (χ0) is 21.6. The predicted octanol–water partition coefficient (Wildman–Crippen LogP) is 4.69. The summed E-state index contributed by atoms with van der Waals surface area (Å²) in [6.45, 7) is 6.08. The number of piperazine rings is 1. The molecule has 0 saturated carbocycles. The van der Waals surface area contributed by atoms with Crippen molar-refractivity contribution in [3.8, 4) is 5.75 Å². The van der Waals surface area contributed by atoms with Crippen molar-refractivity contribution in [1.29, 1.82) is 0 Å². The molecule has 2 N–H and O–H groups in total. The van der Waals surface area contributed by atoms with Gasteiger partial charge in [0.15, 0.2) is 0 Å². The number of hydrogen-bond donors (Lipinski definition) is 2. The number of halogens is 2. The van der Waals surface area contributed by atoms with Gasteiger partial charge in [0.25, 0.3) is 0 Å². The summed E-state index contributed by atoms with van der Waals surface area (Å²) in [6, 6.07) is 14.0. The Morgan fingerprint density at radius 2 is 1.74 bits per heavy atom. The number of piperidine rings is 1. The van der Waals surface area contributed by atoms with Crippen molar-refractivity contribution in [2.45, 2.75) is 25.5 Å². The van der Waals surface area contributed by atoms with Gasteiger partial charge in [-0.25, -0.2) is 4.79 Å². The van der Waals surface area contributed by atoms with Crippen molar-refractivity contribution in [3.05, 3.63) is 57.0 Å². The minimum Gasteiger partial charge on any atom is -0.489 e. The first-order valence-corrected chi connectivity index (χ1v) is 12.3. The highest BCUT2D eigenvalue weighted by atomic mass is 79.9. The van der Waals surface area contributed by atoms with E-state index in [9.17, 15) is 4.79 Å². The van der Waals surface area contributed by atoms with E-state index in [4.69, 9.17) is 4.74 Å². The number of hydrogen-bond acceptors (Lipinski definition) is 4. The average molecular weight is 552 g/mol. The number of rotatable bonds is 5. The lowest BCUT2D eigenvalue weighted by molar-refractivity contribution is 0.142. The van der Waals surface area contributed by atoms with E-state index in [0.29, 0.717) is 6.10 Å². The van der Waals surface area contributed by atoms with Crippen LogP contribution in [0.2, 0.25) is 0 Å². The van der Waals surface area contributed by atoms with Crippen LogP contribution < -0.4 is 15.4 Å². The predicted molar refractivity (Wildman–Crippen MR) is 131 cm³/mol. The number of carbonyl (C=O) groups excluding carboxylic acids is 1. The molecule has 0 radical (unpaired) electrons. The Hall–Kier alpha value is -1.61. The van der Waals surface area contributed by atoms with Crippen LogP contribution in [-0.2, 0) is 6.54 Å². The Bertz CT molecular complexity index is 880. The molecule has 0 atom stereocenters. The number of carbonyl (C=O) groups is 1. The molecule has 0 spiro atoms. The van der Waals surface area contributed by atoms with E-state index in [1.54, 1.807) is 0 Å². The molecule has 2 aliphatic heterocycles. The molecular weight excluding hydrogens is 524 g/mol. The van der Waals surface area contributed by atoms with E-state index in [0.717, 1.165) is 79.0 Å². The summed E-state index contributed by atoms with van der Waals surface area (Å²) in [5.74, 6) is 0.921. The topological polar surface area (TPSA) is 56.8 Å². The number of nitrogens with one attached hydrogen (secondary N) is 2. The van der Waals surface area contributed by atoms with Crippen LogP contribution in [0.15, 0.2) is 51.4 Å². The van der Waals surface area contributed by atoms with Crippen LogP contribution in [0.3, 0.4) is 0 Å². The lowest BCUT2D eigenvalue weighted by atomic mass is 10.1. The SMILES string of the molecule is O=C(Nc1ccc(Br)cc1)N1CCN(Cc2ccc(OC3CCNCC3)c(Br)c2)CC1. The summed E-state index contributed by atoms with van der Waals surface area (Å²) in [6.07, 6.45) is 2.39. The lowest BCUT2D eigenvalue weighted by Crippen LogP contribution is -2.49. The molecule has 2 heterocycles. The van der Waals surface area contributed by atoms with Crippen molar-refractivity contribution >= 4 is 43.6 Å². The monoisotopic (exact) mass is 550 g/mol. The van der Waals surface area contributed by atoms with Gasteiger partial charge in [-0.05, 0) is 83.8 Å². The smallest absolute Gasteiger partial charge is 0.321 e. The first-order chi connectivity index (χ1) is 15.1. The van der Waals surface area contributed by atoms with E-state index < -0.39 is 0 Å². The largest absolute Gasteiger partial charge is 0.489 e. The van der Waals surface area contributed by atoms with E-state index >= 15 is 0 Å². The average Bonchev–Trinajstić information content (AvgIpc) is 2.78. The molecule has 0 aromatic heterocycles. The Morgan fingerprint density at radius 3 is 2.42 bits per heavy atom. The molecule has 2 saturated heterocycles. The van der Waals surface area contributed by atoms with Crippen LogP contribution in [0.1, 0.15) is 18.4 Å². The Labute approximate surface area is 200 Å². The van der Waals surface area contributed by atoms with Gasteiger partial charge in [-0.15, -0.1) is 0 Å². The van der Waals surface area contributed by atoms with Gasteiger partial charge >= 0.3 is 6.03 Å². The van der Waals surface area contributed by atoms with Gasteiger partial charge in [-0.1, -0.05) is 22.0 Å². The molecule has 2 aromatic rings. The van der Waals surface area contributed by atoms with Gasteiger partial charge in [0.05, 0.1) is 4.47 Å². The minimum atomic E-state index is -0.0378. The quantitative estimate of drug-likeness (QED) is 0.566. The third-order valence-electron chi connectivity index (χ3n) is 5.74. The Kier molecular flexibility index (Phi) is 7.87. The first kappa shape index (κ1) is 22.6. The highest BCUT2D eigenvalue weighted by molar-refractivity contribution is 9.10. The summed E-state index contributed by atoms with van der Waals surface area (Å²) in [7, 11) is 0. The number of nitrogens with zero attached hydrogens (tertiary/aromatic N) is 2. The summed E-state index contributed by atoms with van der Waals surface area (Å²) >= 11 is 7.09. The van der Waals surface area contributed by atoms with Crippen molar-refractivity contribution in [2.24, 2.45) is 0 Å². The molecule has 4 rings (SSSR count). The molecule has 0 unspecified atom stereocenters. The molecule has 0 aliphatic carbocycles. The van der Waals surface area contributed by atoms with Crippen molar-refractivity contribution in [3.63, 3.8) is 0 Å². The van der Waals surface area contributed by atoms with E-state index in [-0.39, 0.29) is 6.03 Å². The minimum absolute atomic E-state index is 0.0378. The van der Waals surface area contributed by atoms with E-state index in [2.05, 4.69) is 65.6 Å². The fourth-order valence-corrected chi connectivity index (χ4v) is 4.72. The van der Waals surface area contributed by atoms with Crippen LogP contribution in [-0.4, -0.2) is 61.2 Å². The highest BCUT2D eigenvalue weighted by Gasteiger charge is 2.22. The van der Waals surface area contributed by atoms with Gasteiger partial charge in [-0.3, -0.25) is 4.90 Å². The van der Waals surface area contributed by atoms with Crippen molar-refractivity contribution in [2.75, 3.05) is 44.6 Å². The summed E-state index contributed by atoms with van der Waals surface area (Å²) < 4.78 is 8.18. The zero-order valence-corrected chi connectivity index (χ0v) is 20.6. The van der Waals surface area contributed by atoms with Crippen LogP contribution in [0, 0.1) is 0 Å². The molecule has 0 bridgehead atoms. The molecule has 31 heavy (non-hydrogen) atoms. The normalized spacial score (nSPS) is 18.1. The standard InChI is InChI=1S/C23H28Br2N4O2/c24-18-2-4-19(5-3-18)27-23(30)29-13-11-28(12-14-29)16-17-1-6-22(21(25)15-17)31-20-7-9-26-10-8-20/h1-6,15,20,26H,7-14,16H2,(H,27,30).